The molecule has 0 aliphatic heterocycles. The minimum atomic E-state index is 0. The van der Waals surface area contributed by atoms with Crippen molar-refractivity contribution >= 4 is 0 Å². The maximum Gasteiger partial charge on any atom is 0.0857 e. The van der Waals surface area contributed by atoms with E-state index in [-0.39, 0.29) is 34.0 Å². The van der Waals surface area contributed by atoms with E-state index in [4.69, 9.17) is 0 Å². The van der Waals surface area contributed by atoms with Crippen LogP contribution in [-0.4, -0.2) is 62.3 Å². The van der Waals surface area contributed by atoms with Crippen LogP contribution in [0, 0.1) is 0 Å². The Morgan fingerprint density at radius 2 is 0.548 bits per heavy atom. The molecule has 0 amide bonds. The van der Waals surface area contributed by atoms with E-state index in [1.54, 1.807) is 0 Å². The highest BCUT2D eigenvalue weighted by molar-refractivity contribution is 4.57. The fraction of sp³-hybridized carbons (Fsp3) is 1.00. The molecule has 0 aliphatic rings. The molecule has 0 rings (SSSR count). The van der Waals surface area contributed by atoms with Gasteiger partial charge in [-0.05, 0) is 65.2 Å². The molecule has 0 aromatic carbocycles. The predicted molar refractivity (Wildman–Crippen MR) is 184 cm³/mol. The van der Waals surface area contributed by atoms with E-state index in [0.717, 1.165) is 12.1 Å². The zero-order chi connectivity index (χ0) is 30.0. The molecule has 258 valence electrons. The van der Waals surface area contributed by atoms with Crippen LogP contribution in [0.25, 0.3) is 0 Å². The van der Waals surface area contributed by atoms with Gasteiger partial charge in [0.25, 0.3) is 0 Å². The van der Waals surface area contributed by atoms with Crippen molar-refractivity contribution in [2.24, 2.45) is 0 Å². The summed E-state index contributed by atoms with van der Waals surface area (Å²) in [6, 6.07) is 1.61. The van der Waals surface area contributed by atoms with Gasteiger partial charge in [0.05, 0.1) is 53.4 Å². The van der Waals surface area contributed by atoms with E-state index >= 15 is 0 Å². The maximum atomic E-state index is 2.50. The van der Waals surface area contributed by atoms with Crippen molar-refractivity contribution < 1.29 is 42.9 Å². The van der Waals surface area contributed by atoms with Crippen molar-refractivity contribution in [3.05, 3.63) is 0 Å². The fourth-order valence-corrected chi connectivity index (χ4v) is 6.39. The van der Waals surface area contributed by atoms with Gasteiger partial charge in [-0.2, -0.15) is 0 Å². The molecular formula is C38H82Br2N2. The maximum absolute atomic E-state index is 2.50. The Morgan fingerprint density at radius 1 is 0.333 bits per heavy atom. The number of unbranched alkanes of at least 4 members (excludes halogenated alkanes) is 21. The van der Waals surface area contributed by atoms with Gasteiger partial charge >= 0.3 is 0 Å². The van der Waals surface area contributed by atoms with Crippen LogP contribution in [-0.2, 0) is 0 Å². The molecule has 0 aliphatic carbocycles. The lowest BCUT2D eigenvalue weighted by atomic mass is 10.0. The summed E-state index contributed by atoms with van der Waals surface area (Å²) in [7, 11) is 9.92. The molecule has 4 heteroatoms. The number of hydrogen-bond donors (Lipinski definition) is 0. The minimum absolute atomic E-state index is 0. The lowest BCUT2D eigenvalue weighted by molar-refractivity contribution is -0.913. The zero-order valence-electron chi connectivity index (χ0n) is 30.6. The molecule has 0 aromatic rings. The third-order valence-electron chi connectivity index (χ3n) is 10.6. The van der Waals surface area contributed by atoms with Crippen LogP contribution in [0.3, 0.4) is 0 Å². The molecule has 0 saturated heterocycles. The van der Waals surface area contributed by atoms with Crippen LogP contribution in [0.5, 0.6) is 0 Å². The predicted octanol–water partition coefficient (Wildman–Crippen LogP) is 6.11. The van der Waals surface area contributed by atoms with Crippen molar-refractivity contribution in [1.29, 1.82) is 0 Å². The largest absolute Gasteiger partial charge is 1.00 e. The fourth-order valence-electron chi connectivity index (χ4n) is 6.39. The molecule has 0 N–H and O–H groups in total. The van der Waals surface area contributed by atoms with Crippen LogP contribution < -0.4 is 34.0 Å². The SMILES string of the molecule is CCCCCCCCCCCC(C)[N+](C)(C)CCCCCCCC[N+](C)(C)C(C)CCCCCCCCCCC.[Br-].[Br-]. The molecule has 0 fully saturated rings. The first kappa shape index (κ1) is 47.3. The summed E-state index contributed by atoms with van der Waals surface area (Å²) < 4.78 is 2.44. The summed E-state index contributed by atoms with van der Waals surface area (Å²) in [6.07, 6.45) is 37.3. The van der Waals surface area contributed by atoms with Crippen LogP contribution >= 0.6 is 0 Å². The van der Waals surface area contributed by atoms with Gasteiger partial charge in [-0.1, -0.05) is 129 Å². The summed E-state index contributed by atoms with van der Waals surface area (Å²) in [5.74, 6) is 0. The second-order valence-corrected chi connectivity index (χ2v) is 15.1. The molecule has 0 radical (unpaired) electrons. The van der Waals surface area contributed by atoms with E-state index in [9.17, 15) is 0 Å². The third-order valence-corrected chi connectivity index (χ3v) is 10.6. The van der Waals surface area contributed by atoms with Crippen molar-refractivity contribution in [3.63, 3.8) is 0 Å². The second kappa shape index (κ2) is 31.8. The smallest absolute Gasteiger partial charge is 0.0857 e. The highest BCUT2D eigenvalue weighted by Crippen LogP contribution is 2.20. The molecule has 0 bridgehead atoms. The molecule has 0 heterocycles. The first-order valence-electron chi connectivity index (χ1n) is 18.8. The van der Waals surface area contributed by atoms with Gasteiger partial charge in [0, 0.05) is 0 Å². The van der Waals surface area contributed by atoms with Crippen LogP contribution in [0.2, 0.25) is 0 Å². The lowest BCUT2D eigenvalue weighted by Crippen LogP contribution is -3.00. The highest BCUT2D eigenvalue weighted by atomic mass is 79.9. The molecule has 2 atom stereocenters. The first-order chi connectivity index (χ1) is 19.2. The summed E-state index contributed by atoms with van der Waals surface area (Å²) in [6.45, 7) is 12.3. The van der Waals surface area contributed by atoms with E-state index < -0.39 is 0 Å². The van der Waals surface area contributed by atoms with Gasteiger partial charge < -0.3 is 42.9 Å². The van der Waals surface area contributed by atoms with Gasteiger partial charge in [-0.15, -0.1) is 0 Å². The Labute approximate surface area is 289 Å². The Hall–Kier alpha value is 0.880. The van der Waals surface area contributed by atoms with E-state index in [1.807, 2.05) is 0 Å². The highest BCUT2D eigenvalue weighted by Gasteiger charge is 2.24. The average molecular weight is 727 g/mol. The molecule has 0 saturated carbocycles. The standard InChI is InChI=1S/C38H82N2.2BrH/c1-9-11-13-15-17-19-21-25-29-33-37(3)39(5,6)35-31-27-23-24-28-32-36-40(7,8)38(4)34-30-26-22-20-18-16-14-12-10-2;;/h37-38H,9-36H2,1-8H3;2*1H/q+2;;/p-2. The Kier molecular flexibility index (Phi) is 35.9. The first-order valence-corrected chi connectivity index (χ1v) is 18.8. The summed E-state index contributed by atoms with van der Waals surface area (Å²) >= 11 is 0. The quantitative estimate of drug-likeness (QED) is 0.0599. The van der Waals surface area contributed by atoms with Gasteiger partial charge in [0.1, 0.15) is 0 Å². The Bertz CT molecular complexity index is 477. The van der Waals surface area contributed by atoms with Gasteiger partial charge in [0.2, 0.25) is 0 Å². The van der Waals surface area contributed by atoms with Crippen molar-refractivity contribution in [2.75, 3.05) is 41.3 Å². The molecule has 2 nitrogen and oxygen atoms in total. The molecule has 0 spiro atoms. The zero-order valence-corrected chi connectivity index (χ0v) is 33.8. The normalized spacial score (nSPS) is 13.4. The number of hydrogen-bond acceptors (Lipinski definition) is 0. The lowest BCUT2D eigenvalue weighted by Gasteiger charge is -2.36. The van der Waals surface area contributed by atoms with Gasteiger partial charge in [0.15, 0.2) is 0 Å². The molecule has 2 unspecified atom stereocenters. The Morgan fingerprint density at radius 3 is 0.810 bits per heavy atom. The number of quaternary nitrogens is 2. The second-order valence-electron chi connectivity index (χ2n) is 15.1. The molecule has 42 heavy (non-hydrogen) atoms. The van der Waals surface area contributed by atoms with Gasteiger partial charge in [-0.3, -0.25) is 0 Å². The molecular weight excluding hydrogens is 644 g/mol. The van der Waals surface area contributed by atoms with Crippen molar-refractivity contribution in [3.8, 4) is 0 Å². The summed E-state index contributed by atoms with van der Waals surface area (Å²) in [4.78, 5) is 0. The number of nitrogens with zero attached hydrogens (tertiary/aromatic N) is 2. The van der Waals surface area contributed by atoms with Crippen LogP contribution in [0.1, 0.15) is 195 Å². The number of halogens is 2. The molecule has 0 aromatic heterocycles. The third kappa shape index (κ3) is 28.4. The minimum Gasteiger partial charge on any atom is -1.00 e. The van der Waals surface area contributed by atoms with E-state index in [0.29, 0.717) is 0 Å². The average Bonchev–Trinajstić information content (AvgIpc) is 2.92. The van der Waals surface area contributed by atoms with E-state index in [2.05, 4.69) is 55.9 Å². The summed E-state index contributed by atoms with van der Waals surface area (Å²) in [5.41, 5.74) is 0. The topological polar surface area (TPSA) is 0 Å². The summed E-state index contributed by atoms with van der Waals surface area (Å²) in [5, 5.41) is 0. The monoisotopic (exact) mass is 724 g/mol. The number of rotatable bonds is 31. The van der Waals surface area contributed by atoms with Crippen LogP contribution in [0.4, 0.5) is 0 Å². The van der Waals surface area contributed by atoms with Crippen molar-refractivity contribution in [2.45, 2.75) is 207 Å². The Balaban J connectivity index is -0.00000760. The van der Waals surface area contributed by atoms with Crippen molar-refractivity contribution in [1.82, 2.24) is 0 Å². The van der Waals surface area contributed by atoms with E-state index in [1.165, 1.54) is 189 Å². The van der Waals surface area contributed by atoms with Crippen LogP contribution in [0.15, 0.2) is 0 Å². The van der Waals surface area contributed by atoms with Gasteiger partial charge in [-0.25, -0.2) is 0 Å².